The first-order chi connectivity index (χ1) is 32.7. The minimum absolute atomic E-state index is 0.119. The predicted octanol–water partition coefficient (Wildman–Crippen LogP) is 11.3. The van der Waals surface area contributed by atoms with Crippen LogP contribution in [-0.2, 0) is 11.1 Å². The fourth-order valence-corrected chi connectivity index (χ4v) is 4.52. The molecule has 0 radical (unpaired) electrons. The number of carbonyl (C=O) groups is 2. The Morgan fingerprint density at radius 2 is 0.662 bits per heavy atom. The van der Waals surface area contributed by atoms with Gasteiger partial charge in [0.2, 0.25) is 0 Å². The van der Waals surface area contributed by atoms with E-state index in [9.17, 15) is 9.59 Å². The zero-order chi connectivity index (χ0) is 49.7. The highest BCUT2D eigenvalue weighted by atomic mass is 16.2. The molecule has 2 aromatic carbocycles. The molecule has 0 bridgehead atoms. The standard InChI is InChI=1S/C62H36N4O2/c1-10-11-12-13-14-15-16-17-18-19-20-21-22-23-24-25-26-27-28-29-30-31-32-33-34-35-36-37-38-39-40-41-42-49-58(63-59(67)65-61(6,7)56-47-43-45-54(50-56)52(2)3)64-60(68)66-62(8,9)57-48-44-46-55(51-57)53(4)5/h43-48,50-51H,1-2,4H2,3,5-9H3,(H2,63,65,67)(H2,64,66,68). The fourth-order valence-electron chi connectivity index (χ4n) is 4.52. The van der Waals surface area contributed by atoms with Crippen LogP contribution in [0.5, 0.6) is 0 Å². The number of benzene rings is 2. The van der Waals surface area contributed by atoms with Crippen molar-refractivity contribution in [2.24, 2.45) is 0 Å². The number of hydrogen-bond acceptors (Lipinski definition) is 2. The van der Waals surface area contributed by atoms with Crippen LogP contribution in [0.3, 0.4) is 0 Å². The minimum atomic E-state index is -0.806. The molecule has 4 amide bonds. The molecule has 0 saturated heterocycles. The molecule has 0 aliphatic rings. The Morgan fingerprint density at radius 3 is 0.912 bits per heavy atom. The zero-order valence-electron chi connectivity index (χ0n) is 38.1. The van der Waals surface area contributed by atoms with Gasteiger partial charge in [-0.05, 0) is 180 Å². The molecule has 4 N–H and O–H groups in total. The van der Waals surface area contributed by atoms with Crippen molar-refractivity contribution in [3.05, 3.63) is 291 Å². The van der Waals surface area contributed by atoms with Gasteiger partial charge >= 0.3 is 12.1 Å². The van der Waals surface area contributed by atoms with Crippen LogP contribution in [0, 0.1) is 0 Å². The summed E-state index contributed by atoms with van der Waals surface area (Å²) in [6.07, 6.45) is 0. The summed E-state index contributed by atoms with van der Waals surface area (Å²) >= 11 is 0. The monoisotopic (exact) mass is 868 g/mol. The Kier molecular flexibility index (Phi) is 23.9. The van der Waals surface area contributed by atoms with Crippen LogP contribution in [0.4, 0.5) is 9.59 Å². The van der Waals surface area contributed by atoms with Gasteiger partial charge in [-0.1, -0.05) is 66.4 Å². The van der Waals surface area contributed by atoms with Gasteiger partial charge in [0, 0.05) is 91.7 Å². The van der Waals surface area contributed by atoms with Crippen molar-refractivity contribution < 1.29 is 9.59 Å². The van der Waals surface area contributed by atoms with E-state index in [1.807, 2.05) is 90.1 Å². The Hall–Kier alpha value is -11.3. The Labute approximate surface area is 396 Å². The third-order valence-corrected chi connectivity index (χ3v) is 7.70. The number of amides is 4. The first kappa shape index (κ1) is 52.9. The van der Waals surface area contributed by atoms with Crippen LogP contribution >= 0.6 is 0 Å². The van der Waals surface area contributed by atoms with Crippen molar-refractivity contribution in [2.75, 3.05) is 0 Å². The number of rotatable bonds is 8. The second-order valence-corrected chi connectivity index (χ2v) is 13.8. The third kappa shape index (κ3) is 23.6. The summed E-state index contributed by atoms with van der Waals surface area (Å²) in [5.74, 6) is -0.119. The van der Waals surface area contributed by atoms with Crippen molar-refractivity contribution in [2.45, 2.75) is 52.6 Å². The number of allylic oxidation sites excluding steroid dienone is 2. The van der Waals surface area contributed by atoms with Crippen LogP contribution in [0.15, 0.2) is 269 Å². The van der Waals surface area contributed by atoms with E-state index >= 15 is 0 Å². The van der Waals surface area contributed by atoms with Gasteiger partial charge in [0.05, 0.1) is 11.1 Å². The van der Waals surface area contributed by atoms with E-state index in [-0.39, 0.29) is 5.82 Å². The highest BCUT2D eigenvalue weighted by molar-refractivity contribution is 5.81. The minimum Gasteiger partial charge on any atom is -0.329 e. The molecule has 0 aromatic heterocycles. The van der Waals surface area contributed by atoms with Crippen molar-refractivity contribution in [1.82, 2.24) is 21.3 Å². The second-order valence-electron chi connectivity index (χ2n) is 13.8. The molecule has 316 valence electrons. The number of nitrogens with one attached hydrogen (secondary N) is 4. The lowest BCUT2D eigenvalue weighted by Crippen LogP contribution is -2.51. The molecule has 0 spiro atoms. The molecule has 6 nitrogen and oxygen atoms in total. The van der Waals surface area contributed by atoms with Gasteiger partial charge < -0.3 is 10.6 Å². The largest absolute Gasteiger partial charge is 0.329 e. The number of urea groups is 2. The van der Waals surface area contributed by atoms with Crippen molar-refractivity contribution >= 4 is 23.2 Å². The van der Waals surface area contributed by atoms with Gasteiger partial charge in [-0.25, -0.2) is 9.59 Å². The van der Waals surface area contributed by atoms with E-state index in [1.165, 1.54) is 0 Å². The van der Waals surface area contributed by atoms with E-state index in [0.717, 1.165) is 33.4 Å². The molecular weight excluding hydrogens is 833 g/mol. The van der Waals surface area contributed by atoms with Gasteiger partial charge in [0.15, 0.2) is 5.82 Å². The number of hydrogen-bond donors (Lipinski definition) is 4. The molecular formula is C62H36N4O2. The van der Waals surface area contributed by atoms with Gasteiger partial charge in [0.1, 0.15) is 0 Å². The van der Waals surface area contributed by atoms with Crippen LogP contribution in [0.25, 0.3) is 11.1 Å². The zero-order valence-corrected chi connectivity index (χ0v) is 38.1. The maximum Gasteiger partial charge on any atom is 0.321 e. The van der Waals surface area contributed by atoms with E-state index in [0.29, 0.717) is 0 Å². The molecule has 6 heteroatoms. The summed E-state index contributed by atoms with van der Waals surface area (Å²) in [4.78, 5) is 26.6. The van der Waals surface area contributed by atoms with Crippen molar-refractivity contribution in [3.8, 4) is 0 Å². The fraction of sp³-hybridized carbons (Fsp3) is 0.129. The highest BCUT2D eigenvalue weighted by Crippen LogP contribution is 2.24. The third-order valence-electron chi connectivity index (χ3n) is 7.70. The summed E-state index contributed by atoms with van der Waals surface area (Å²) < 4.78 is 0. The quantitative estimate of drug-likeness (QED) is 0.199. The van der Waals surface area contributed by atoms with Gasteiger partial charge in [0.25, 0.3) is 0 Å². The Morgan fingerprint density at radius 1 is 0.412 bits per heavy atom. The molecule has 0 heterocycles. The molecule has 2 aromatic rings. The summed E-state index contributed by atoms with van der Waals surface area (Å²) in [5.41, 5.74) is 89.2. The maximum atomic E-state index is 13.3. The SMILES string of the molecule is C=C=C=C=C=C=C=C=C=C=C=C=C=C=C=C=C=C=C=C=C=C=C=C=C=C=C=C=C=C=C=C=C=C=C=C(NC(=O)NC(C)(C)c1cccc(C(=C)C)c1)NC(=O)NC(C)(C)c1cccc(C(=C)C)c1. The molecule has 0 unspecified atom stereocenters. The van der Waals surface area contributed by atoms with Gasteiger partial charge in [-0.2, -0.15) is 0 Å². The topological polar surface area (TPSA) is 82.3 Å². The lowest BCUT2D eigenvalue weighted by Gasteiger charge is -2.29. The van der Waals surface area contributed by atoms with E-state index in [4.69, 9.17) is 0 Å². The molecule has 0 aliphatic carbocycles. The van der Waals surface area contributed by atoms with Crippen LogP contribution < -0.4 is 21.3 Å². The summed E-state index contributed by atoms with van der Waals surface area (Å²) in [6, 6.07) is 14.2. The summed E-state index contributed by atoms with van der Waals surface area (Å²) in [5, 5.41) is 11.1. The maximum absolute atomic E-state index is 13.3. The molecule has 2 rings (SSSR count). The van der Waals surface area contributed by atoms with E-state index < -0.39 is 23.1 Å². The smallest absolute Gasteiger partial charge is 0.321 e. The Bertz CT molecular complexity index is 3780. The summed E-state index contributed by atoms with van der Waals surface area (Å²) in [7, 11) is 0. The average molecular weight is 869 g/mol. The van der Waals surface area contributed by atoms with Crippen LogP contribution in [0.1, 0.15) is 63.8 Å². The lowest BCUT2D eigenvalue weighted by atomic mass is 9.92. The normalized spacial score (nSPS) is 7.62. The number of carbonyl (C=O) groups excluding carboxylic acids is 2. The second kappa shape index (κ2) is 30.7. The summed E-state index contributed by atoms with van der Waals surface area (Å²) in [6.45, 7) is 22.6. The highest BCUT2D eigenvalue weighted by Gasteiger charge is 2.26. The van der Waals surface area contributed by atoms with Crippen molar-refractivity contribution in [1.29, 1.82) is 0 Å². The van der Waals surface area contributed by atoms with Crippen LogP contribution in [0.2, 0.25) is 0 Å². The molecule has 0 fully saturated rings. The van der Waals surface area contributed by atoms with E-state index in [2.05, 4.69) is 236 Å². The molecule has 0 aliphatic heterocycles. The van der Waals surface area contributed by atoms with E-state index in [1.54, 1.807) is 0 Å². The Balaban J connectivity index is 2.46. The first-order valence-corrected chi connectivity index (χ1v) is 19.6. The average Bonchev–Trinajstić information content (AvgIpc) is 3.30. The lowest BCUT2D eigenvalue weighted by molar-refractivity contribution is 0.228. The van der Waals surface area contributed by atoms with Gasteiger partial charge in [-0.3, -0.25) is 10.6 Å². The molecule has 0 saturated carbocycles. The van der Waals surface area contributed by atoms with Crippen molar-refractivity contribution in [3.63, 3.8) is 0 Å². The van der Waals surface area contributed by atoms with Gasteiger partial charge in [-0.15, -0.1) is 0 Å². The molecule has 68 heavy (non-hydrogen) atoms. The van der Waals surface area contributed by atoms with Crippen LogP contribution in [-0.4, -0.2) is 12.1 Å². The first-order valence-electron chi connectivity index (χ1n) is 19.6. The predicted molar refractivity (Wildman–Crippen MR) is 260 cm³/mol. The molecule has 0 atom stereocenters.